The van der Waals surface area contributed by atoms with Crippen LogP contribution in [0.25, 0.3) is 15.9 Å². The summed E-state index contributed by atoms with van der Waals surface area (Å²) in [5.41, 5.74) is 5.45. The van der Waals surface area contributed by atoms with E-state index in [4.69, 9.17) is 0 Å². The van der Waals surface area contributed by atoms with Crippen LogP contribution in [0.1, 0.15) is 28.9 Å². The van der Waals surface area contributed by atoms with Crippen molar-refractivity contribution in [1.82, 2.24) is 19.9 Å². The largest absolute Gasteiger partial charge is 0.346 e. The molecule has 0 spiro atoms. The summed E-state index contributed by atoms with van der Waals surface area (Å²) in [6.07, 6.45) is 5.41. The van der Waals surface area contributed by atoms with Gasteiger partial charge in [-0.25, -0.2) is 9.97 Å². The number of nitrogens with zero attached hydrogens (tertiary/aromatic N) is 3. The van der Waals surface area contributed by atoms with Gasteiger partial charge in [0.2, 0.25) is 0 Å². The summed E-state index contributed by atoms with van der Waals surface area (Å²) in [6, 6.07) is 13.6. The Labute approximate surface area is 149 Å². The average molecular weight is 348 g/mol. The highest BCUT2D eigenvalue weighted by molar-refractivity contribution is 7.16. The van der Waals surface area contributed by atoms with Gasteiger partial charge in [-0.1, -0.05) is 12.1 Å². The summed E-state index contributed by atoms with van der Waals surface area (Å²) >= 11 is 1.54. The van der Waals surface area contributed by atoms with E-state index in [1.54, 1.807) is 18.0 Å². The molecule has 0 aliphatic carbocycles. The van der Waals surface area contributed by atoms with E-state index in [-0.39, 0.29) is 11.9 Å². The van der Waals surface area contributed by atoms with Crippen molar-refractivity contribution in [3.63, 3.8) is 0 Å². The number of benzene rings is 2. The summed E-state index contributed by atoms with van der Waals surface area (Å²) in [4.78, 5) is 20.8. The highest BCUT2D eigenvalue weighted by atomic mass is 32.1. The van der Waals surface area contributed by atoms with E-state index in [0.717, 1.165) is 21.5 Å². The summed E-state index contributed by atoms with van der Waals surface area (Å²) < 4.78 is 2.96. The first-order valence-electron chi connectivity index (χ1n) is 7.93. The molecule has 6 heteroatoms. The molecule has 2 heterocycles. The molecule has 0 fully saturated rings. The molecule has 5 nitrogen and oxygen atoms in total. The maximum atomic E-state index is 12.5. The number of rotatable bonds is 4. The lowest BCUT2D eigenvalue weighted by atomic mass is 10.1. The molecule has 0 saturated heterocycles. The minimum absolute atomic E-state index is 0.0819. The van der Waals surface area contributed by atoms with Gasteiger partial charge in [-0.2, -0.15) is 0 Å². The second-order valence-corrected chi connectivity index (χ2v) is 6.68. The summed E-state index contributed by atoms with van der Waals surface area (Å²) in [5, 5.41) is 3.05. The topological polar surface area (TPSA) is 59.8 Å². The van der Waals surface area contributed by atoms with Gasteiger partial charge in [-0.3, -0.25) is 4.79 Å². The van der Waals surface area contributed by atoms with Gasteiger partial charge in [0, 0.05) is 23.6 Å². The first kappa shape index (κ1) is 15.5. The van der Waals surface area contributed by atoms with Crippen molar-refractivity contribution in [3.8, 4) is 5.69 Å². The van der Waals surface area contributed by atoms with Crippen molar-refractivity contribution in [1.29, 1.82) is 0 Å². The van der Waals surface area contributed by atoms with Crippen molar-refractivity contribution in [3.05, 3.63) is 77.8 Å². The molecule has 25 heavy (non-hydrogen) atoms. The molecule has 1 unspecified atom stereocenters. The van der Waals surface area contributed by atoms with Crippen LogP contribution in [0.5, 0.6) is 0 Å². The fourth-order valence-corrected chi connectivity index (χ4v) is 3.42. The number of amides is 1. The Balaban J connectivity index is 1.49. The number of fused-ring (bicyclic) bond motifs is 1. The fourth-order valence-electron chi connectivity index (χ4n) is 2.71. The van der Waals surface area contributed by atoms with Crippen LogP contribution in [0, 0.1) is 0 Å². The molecule has 0 aliphatic heterocycles. The van der Waals surface area contributed by atoms with Gasteiger partial charge in [0.05, 0.1) is 28.1 Å². The molecular formula is C19H16N4OS. The van der Waals surface area contributed by atoms with Crippen LogP contribution in [-0.2, 0) is 0 Å². The van der Waals surface area contributed by atoms with Gasteiger partial charge >= 0.3 is 0 Å². The number of carbonyl (C=O) groups excluding carboxylic acids is 1. The number of thiazole rings is 1. The lowest BCUT2D eigenvalue weighted by Gasteiger charge is -2.15. The SMILES string of the molecule is CC(NC(=O)c1ccc2ncsc2c1)c1ccc(-n2ccnc2)cc1. The second-order valence-electron chi connectivity index (χ2n) is 5.79. The highest BCUT2D eigenvalue weighted by Crippen LogP contribution is 2.20. The lowest BCUT2D eigenvalue weighted by Crippen LogP contribution is -2.26. The van der Waals surface area contributed by atoms with E-state index < -0.39 is 0 Å². The lowest BCUT2D eigenvalue weighted by molar-refractivity contribution is 0.0940. The van der Waals surface area contributed by atoms with E-state index in [2.05, 4.69) is 15.3 Å². The van der Waals surface area contributed by atoms with Crippen molar-refractivity contribution >= 4 is 27.5 Å². The molecule has 0 saturated carbocycles. The number of imidazole rings is 1. The third-order valence-electron chi connectivity index (χ3n) is 4.14. The standard InChI is InChI=1S/C19H16N4OS/c1-13(14-2-5-16(6-3-14)23-9-8-20-11-23)22-19(24)15-4-7-17-18(10-15)25-12-21-17/h2-13H,1H3,(H,22,24). The third kappa shape index (κ3) is 3.16. The Bertz CT molecular complexity index is 1010. The first-order chi connectivity index (χ1) is 12.2. The fraction of sp³-hybridized carbons (Fsp3) is 0.105. The Morgan fingerprint density at radius 3 is 2.80 bits per heavy atom. The molecule has 0 aliphatic rings. The van der Waals surface area contributed by atoms with Crippen LogP contribution in [0.4, 0.5) is 0 Å². The zero-order valence-corrected chi connectivity index (χ0v) is 14.4. The molecule has 4 aromatic rings. The number of hydrogen-bond donors (Lipinski definition) is 1. The van der Waals surface area contributed by atoms with Crippen LogP contribution in [0.3, 0.4) is 0 Å². The Hall–Kier alpha value is -2.99. The van der Waals surface area contributed by atoms with Crippen LogP contribution in [0.15, 0.2) is 66.7 Å². The molecular weight excluding hydrogens is 332 g/mol. The molecule has 124 valence electrons. The zero-order valence-electron chi connectivity index (χ0n) is 13.6. The Morgan fingerprint density at radius 1 is 1.20 bits per heavy atom. The number of aromatic nitrogens is 3. The summed E-state index contributed by atoms with van der Waals surface area (Å²) in [7, 11) is 0. The number of carbonyl (C=O) groups is 1. The smallest absolute Gasteiger partial charge is 0.251 e. The normalized spacial score (nSPS) is 12.2. The molecule has 0 radical (unpaired) electrons. The second kappa shape index (κ2) is 6.49. The molecule has 2 aromatic heterocycles. The minimum atomic E-state index is -0.0820. The van der Waals surface area contributed by atoms with Gasteiger partial charge in [0.25, 0.3) is 5.91 Å². The summed E-state index contributed by atoms with van der Waals surface area (Å²) in [6.45, 7) is 1.98. The minimum Gasteiger partial charge on any atom is -0.346 e. The van der Waals surface area contributed by atoms with E-state index in [0.29, 0.717) is 5.56 Å². The quantitative estimate of drug-likeness (QED) is 0.607. The predicted octanol–water partition coefficient (Wildman–Crippen LogP) is 3.97. The van der Waals surface area contributed by atoms with Crippen LogP contribution in [0.2, 0.25) is 0 Å². The van der Waals surface area contributed by atoms with Crippen molar-refractivity contribution in [2.75, 3.05) is 0 Å². The van der Waals surface area contributed by atoms with Crippen LogP contribution in [-0.4, -0.2) is 20.4 Å². The maximum absolute atomic E-state index is 12.5. The average Bonchev–Trinajstić information content (AvgIpc) is 3.32. The molecule has 0 bridgehead atoms. The molecule has 4 rings (SSSR count). The molecule has 2 aromatic carbocycles. The first-order valence-corrected chi connectivity index (χ1v) is 8.81. The van der Waals surface area contributed by atoms with E-state index in [9.17, 15) is 4.79 Å². The maximum Gasteiger partial charge on any atom is 0.251 e. The van der Waals surface area contributed by atoms with Crippen molar-refractivity contribution in [2.24, 2.45) is 0 Å². The highest BCUT2D eigenvalue weighted by Gasteiger charge is 2.12. The van der Waals surface area contributed by atoms with E-state index in [1.807, 2.05) is 60.2 Å². The predicted molar refractivity (Wildman–Crippen MR) is 99.1 cm³/mol. The molecule has 1 N–H and O–H groups in total. The van der Waals surface area contributed by atoms with Gasteiger partial charge < -0.3 is 9.88 Å². The van der Waals surface area contributed by atoms with Gasteiger partial charge in [0.15, 0.2) is 0 Å². The van der Waals surface area contributed by atoms with E-state index in [1.165, 1.54) is 11.3 Å². The van der Waals surface area contributed by atoms with Crippen LogP contribution >= 0.6 is 11.3 Å². The Morgan fingerprint density at radius 2 is 2.04 bits per heavy atom. The monoisotopic (exact) mass is 348 g/mol. The van der Waals surface area contributed by atoms with E-state index >= 15 is 0 Å². The number of hydrogen-bond acceptors (Lipinski definition) is 4. The third-order valence-corrected chi connectivity index (χ3v) is 4.93. The van der Waals surface area contributed by atoms with Gasteiger partial charge in [0.1, 0.15) is 0 Å². The summed E-state index contributed by atoms with van der Waals surface area (Å²) in [5.74, 6) is -0.0820. The van der Waals surface area contributed by atoms with Gasteiger partial charge in [-0.15, -0.1) is 11.3 Å². The number of nitrogens with one attached hydrogen (secondary N) is 1. The van der Waals surface area contributed by atoms with Crippen LogP contribution < -0.4 is 5.32 Å². The van der Waals surface area contributed by atoms with Crippen molar-refractivity contribution in [2.45, 2.75) is 13.0 Å². The molecule has 1 atom stereocenters. The molecule has 1 amide bonds. The van der Waals surface area contributed by atoms with Crippen molar-refractivity contribution < 1.29 is 4.79 Å². The zero-order chi connectivity index (χ0) is 17.2. The Kier molecular flexibility index (Phi) is 4.03. The van der Waals surface area contributed by atoms with Gasteiger partial charge in [-0.05, 0) is 42.8 Å².